The van der Waals surface area contributed by atoms with E-state index in [9.17, 15) is 43.9 Å². The Balaban J connectivity index is 2.08. The van der Waals surface area contributed by atoms with E-state index in [0.717, 1.165) is 19.2 Å². The molecule has 1 unspecified atom stereocenters. The molecule has 36 heavy (non-hydrogen) atoms. The van der Waals surface area contributed by atoms with Crippen LogP contribution in [0.1, 0.15) is 16.7 Å². The number of nitrogens with one attached hydrogen (secondary N) is 1. The molecule has 1 N–H and O–H groups in total. The van der Waals surface area contributed by atoms with E-state index in [1.165, 1.54) is 24.3 Å². The number of likely N-dealkylation sites (N-methyl/N-ethyl adjacent to an activating group) is 1. The van der Waals surface area contributed by atoms with E-state index >= 15 is 0 Å². The fourth-order valence-electron chi connectivity index (χ4n) is 3.68. The molecule has 12 heteroatoms. The minimum Gasteiger partial charge on any atom is -0.464 e. The van der Waals surface area contributed by atoms with Crippen molar-refractivity contribution in [1.29, 1.82) is 0 Å². The highest BCUT2D eigenvalue weighted by Gasteiger charge is 2.45. The van der Waals surface area contributed by atoms with Crippen molar-refractivity contribution >= 4 is 11.3 Å². The summed E-state index contributed by atoms with van der Waals surface area (Å²) in [4.78, 5) is 0. The summed E-state index contributed by atoms with van der Waals surface area (Å²) >= 11 is 0. The molecule has 2 nitrogen and oxygen atoms in total. The lowest BCUT2D eigenvalue weighted by molar-refractivity contribution is 0.0453. The van der Waals surface area contributed by atoms with E-state index in [2.05, 4.69) is 5.32 Å². The molecule has 1 aliphatic heterocycles. The molecule has 0 saturated carbocycles. The van der Waals surface area contributed by atoms with Crippen molar-refractivity contribution < 1.29 is 48.6 Å². The van der Waals surface area contributed by atoms with Crippen LogP contribution in [0, 0.1) is 58.2 Å². The van der Waals surface area contributed by atoms with E-state index in [-0.39, 0.29) is 11.1 Å². The summed E-state index contributed by atoms with van der Waals surface area (Å²) in [6, 6.07) is 7.27. The second kappa shape index (κ2) is 9.01. The van der Waals surface area contributed by atoms with E-state index in [4.69, 9.17) is 4.74 Å². The monoisotopic (exact) mass is 519 g/mol. The number of benzene rings is 3. The molecule has 0 fully saturated rings. The van der Waals surface area contributed by atoms with Gasteiger partial charge < -0.3 is 4.74 Å². The number of hydrogen-bond donors (Lipinski definition) is 1. The summed E-state index contributed by atoms with van der Waals surface area (Å²) in [7, 11) is 0.943. The second-order valence-electron chi connectivity index (χ2n) is 7.45. The summed E-state index contributed by atoms with van der Waals surface area (Å²) in [6.45, 7) is 0. The Hall–Kier alpha value is -3.80. The van der Waals surface area contributed by atoms with Gasteiger partial charge in [0.15, 0.2) is 46.5 Å². The molecule has 1 atom stereocenters. The highest BCUT2D eigenvalue weighted by Crippen LogP contribution is 2.44. The van der Waals surface area contributed by atoms with E-state index in [1.54, 1.807) is 6.07 Å². The van der Waals surface area contributed by atoms with E-state index < -0.39 is 80.8 Å². The Labute approximate surface area is 196 Å². The van der Waals surface area contributed by atoms with Crippen LogP contribution in [-0.2, 0) is 10.5 Å². The maximum atomic E-state index is 14.8. The van der Waals surface area contributed by atoms with Gasteiger partial charge in [-0.15, -0.1) is 0 Å². The minimum atomic E-state index is -2.86. The Morgan fingerprint density at radius 1 is 0.611 bits per heavy atom. The maximum Gasteiger partial charge on any atom is 0.213 e. The first kappa shape index (κ1) is 25.3. The predicted octanol–water partition coefficient (Wildman–Crippen LogP) is 6.60. The highest BCUT2D eigenvalue weighted by atomic mass is 19.2. The second-order valence-corrected chi connectivity index (χ2v) is 7.45. The normalized spacial score (nSPS) is 17.5. The van der Waals surface area contributed by atoms with Gasteiger partial charge in [-0.05, 0) is 30.3 Å². The lowest BCUT2D eigenvalue weighted by Gasteiger charge is -2.37. The smallest absolute Gasteiger partial charge is 0.213 e. The van der Waals surface area contributed by atoms with Gasteiger partial charge in [0.2, 0.25) is 17.4 Å². The van der Waals surface area contributed by atoms with Crippen LogP contribution in [0.25, 0.3) is 11.3 Å². The molecular formula is C24H11F10NO. The molecular weight excluding hydrogens is 508 g/mol. The molecule has 0 bridgehead atoms. The number of rotatable bonds is 4. The van der Waals surface area contributed by atoms with E-state index in [0.29, 0.717) is 0 Å². The van der Waals surface area contributed by atoms with Gasteiger partial charge in [-0.2, -0.15) is 0 Å². The van der Waals surface area contributed by atoms with Crippen LogP contribution >= 0.6 is 0 Å². The van der Waals surface area contributed by atoms with Crippen molar-refractivity contribution in [3.8, 4) is 0 Å². The van der Waals surface area contributed by atoms with Crippen molar-refractivity contribution in [3.05, 3.63) is 117 Å². The lowest BCUT2D eigenvalue weighted by Crippen LogP contribution is -2.44. The first-order chi connectivity index (χ1) is 16.9. The van der Waals surface area contributed by atoms with Crippen LogP contribution in [0.5, 0.6) is 0 Å². The van der Waals surface area contributed by atoms with Crippen LogP contribution < -0.4 is 5.32 Å². The lowest BCUT2D eigenvalue weighted by atomic mass is 9.91. The number of hydrogen-bond acceptors (Lipinski definition) is 2. The van der Waals surface area contributed by atoms with Crippen LogP contribution in [-0.4, -0.2) is 7.05 Å². The number of ether oxygens (including phenoxy) is 1. The van der Waals surface area contributed by atoms with Crippen LogP contribution in [0.15, 0.2) is 42.5 Å². The average Bonchev–Trinajstić information content (AvgIpc) is 2.89. The van der Waals surface area contributed by atoms with E-state index in [1.807, 2.05) is 0 Å². The largest absolute Gasteiger partial charge is 0.464 e. The fourth-order valence-corrected chi connectivity index (χ4v) is 3.68. The Kier molecular flexibility index (Phi) is 6.33. The SMILES string of the molecule is CNC1(c2c(F)c(F)c(F)c(F)c2F)C=C(c2ccccc2)C=C(c2c(F)c(F)c(F)c(F)c2F)O1. The van der Waals surface area contributed by atoms with Gasteiger partial charge in [-0.25, -0.2) is 43.9 Å². The summed E-state index contributed by atoms with van der Waals surface area (Å²) in [5.41, 5.74) is -6.12. The summed E-state index contributed by atoms with van der Waals surface area (Å²) in [6.07, 6.45) is 1.62. The first-order valence-electron chi connectivity index (χ1n) is 9.86. The standard InChI is InChI=1S/C24H11F10NO/c1-35-24(13-16(27)20(31)23(34)21(32)17(13)28)8-10(9-5-3-2-4-6-9)7-11(36-24)12-14(25)18(29)22(33)19(30)15(12)26/h2-8,35H,1H3. The molecule has 0 spiro atoms. The first-order valence-corrected chi connectivity index (χ1v) is 9.86. The third-order valence-corrected chi connectivity index (χ3v) is 5.43. The molecule has 1 aliphatic rings. The van der Waals surface area contributed by atoms with Crippen molar-refractivity contribution in [2.75, 3.05) is 7.05 Å². The van der Waals surface area contributed by atoms with Gasteiger partial charge in [-0.3, -0.25) is 5.32 Å². The molecule has 0 radical (unpaired) electrons. The highest BCUT2D eigenvalue weighted by molar-refractivity contribution is 5.85. The zero-order valence-corrected chi connectivity index (χ0v) is 17.7. The fraction of sp³-hybridized carbons (Fsp3) is 0.0833. The van der Waals surface area contributed by atoms with Gasteiger partial charge in [0.05, 0.1) is 11.1 Å². The molecule has 0 aliphatic carbocycles. The van der Waals surface area contributed by atoms with Crippen molar-refractivity contribution in [2.24, 2.45) is 0 Å². The summed E-state index contributed by atoms with van der Waals surface area (Å²) in [5.74, 6) is -25.0. The minimum absolute atomic E-state index is 0.172. The Morgan fingerprint density at radius 2 is 1.06 bits per heavy atom. The number of halogens is 10. The maximum absolute atomic E-state index is 14.8. The molecule has 188 valence electrons. The molecule has 0 saturated heterocycles. The average molecular weight is 519 g/mol. The van der Waals surface area contributed by atoms with Crippen LogP contribution in [0.3, 0.4) is 0 Å². The Bertz CT molecular complexity index is 1390. The molecule has 3 aromatic rings. The third kappa shape index (κ3) is 3.72. The molecule has 3 aromatic carbocycles. The summed E-state index contributed by atoms with van der Waals surface area (Å²) < 4.78 is 147. The van der Waals surface area contributed by atoms with Gasteiger partial charge in [0.1, 0.15) is 5.76 Å². The van der Waals surface area contributed by atoms with Crippen LogP contribution in [0.2, 0.25) is 0 Å². The van der Waals surface area contributed by atoms with Gasteiger partial charge in [0, 0.05) is 0 Å². The molecule has 4 rings (SSSR count). The predicted molar refractivity (Wildman–Crippen MR) is 107 cm³/mol. The van der Waals surface area contributed by atoms with Crippen molar-refractivity contribution in [3.63, 3.8) is 0 Å². The number of allylic oxidation sites excluding steroid dienone is 2. The quantitative estimate of drug-likeness (QED) is 0.238. The van der Waals surface area contributed by atoms with Crippen LogP contribution in [0.4, 0.5) is 43.9 Å². The topological polar surface area (TPSA) is 21.3 Å². The van der Waals surface area contributed by atoms with Gasteiger partial charge >= 0.3 is 0 Å². The molecule has 1 heterocycles. The third-order valence-electron chi connectivity index (χ3n) is 5.43. The van der Waals surface area contributed by atoms with Crippen molar-refractivity contribution in [1.82, 2.24) is 5.32 Å². The Morgan fingerprint density at radius 3 is 1.53 bits per heavy atom. The van der Waals surface area contributed by atoms with Gasteiger partial charge in [0.25, 0.3) is 0 Å². The van der Waals surface area contributed by atoms with Crippen molar-refractivity contribution in [2.45, 2.75) is 5.72 Å². The summed E-state index contributed by atoms with van der Waals surface area (Å²) in [5, 5.41) is 2.19. The molecule has 0 aromatic heterocycles. The molecule has 0 amide bonds. The van der Waals surface area contributed by atoms with Gasteiger partial charge in [-0.1, -0.05) is 30.3 Å². The zero-order chi connectivity index (χ0) is 26.5. The zero-order valence-electron chi connectivity index (χ0n) is 17.7.